The van der Waals surface area contributed by atoms with Gasteiger partial charge in [-0.05, 0) is 50.5 Å². The standard InChI is InChI=1S/C18H26N4O2/c1-12-4-5-15(10-13(12)2)17(23)21-6-8-22(9-7-21)18(24)16-11-14(3)19-20-16/h4-5,10,14,16,19-20H,6-9,11H2,1-3H3. The summed E-state index contributed by atoms with van der Waals surface area (Å²) < 4.78 is 0. The Labute approximate surface area is 143 Å². The summed E-state index contributed by atoms with van der Waals surface area (Å²) >= 11 is 0. The SMILES string of the molecule is Cc1ccc(C(=O)N2CCN(C(=O)C3CC(C)NN3)CC2)cc1C. The Bertz CT molecular complexity index is 638. The van der Waals surface area contributed by atoms with E-state index in [1.54, 1.807) is 0 Å². The van der Waals surface area contributed by atoms with Gasteiger partial charge in [-0.25, -0.2) is 5.43 Å². The normalized spacial score (nSPS) is 24.3. The molecule has 1 aromatic rings. The van der Waals surface area contributed by atoms with E-state index in [1.807, 2.05) is 41.8 Å². The Morgan fingerprint density at radius 3 is 2.25 bits per heavy atom. The monoisotopic (exact) mass is 330 g/mol. The molecular formula is C18H26N4O2. The van der Waals surface area contributed by atoms with Gasteiger partial charge >= 0.3 is 0 Å². The number of piperazine rings is 1. The fourth-order valence-electron chi connectivity index (χ4n) is 3.28. The highest BCUT2D eigenvalue weighted by atomic mass is 16.2. The van der Waals surface area contributed by atoms with Crippen LogP contribution in [0.2, 0.25) is 0 Å². The molecule has 2 atom stereocenters. The molecule has 0 aliphatic carbocycles. The predicted octanol–water partition coefficient (Wildman–Crippen LogP) is 0.843. The molecule has 130 valence electrons. The van der Waals surface area contributed by atoms with Gasteiger partial charge in [0.15, 0.2) is 0 Å². The third-order valence-electron chi connectivity index (χ3n) is 5.02. The van der Waals surface area contributed by atoms with Crippen molar-refractivity contribution in [2.24, 2.45) is 0 Å². The fourth-order valence-corrected chi connectivity index (χ4v) is 3.28. The topological polar surface area (TPSA) is 64.7 Å². The van der Waals surface area contributed by atoms with E-state index in [0.29, 0.717) is 32.2 Å². The molecule has 2 unspecified atom stereocenters. The van der Waals surface area contributed by atoms with Crippen LogP contribution >= 0.6 is 0 Å². The van der Waals surface area contributed by atoms with Crippen molar-refractivity contribution in [3.63, 3.8) is 0 Å². The Kier molecular flexibility index (Phi) is 4.87. The number of amides is 2. The molecular weight excluding hydrogens is 304 g/mol. The lowest BCUT2D eigenvalue weighted by Crippen LogP contribution is -2.54. The van der Waals surface area contributed by atoms with Crippen LogP contribution in [0.4, 0.5) is 0 Å². The fraction of sp³-hybridized carbons (Fsp3) is 0.556. The molecule has 2 saturated heterocycles. The van der Waals surface area contributed by atoms with Gasteiger partial charge < -0.3 is 9.80 Å². The average molecular weight is 330 g/mol. The number of carbonyl (C=O) groups is 2. The largest absolute Gasteiger partial charge is 0.338 e. The first-order chi connectivity index (χ1) is 11.5. The number of nitrogens with one attached hydrogen (secondary N) is 2. The molecule has 6 heteroatoms. The molecule has 0 spiro atoms. The molecule has 0 saturated carbocycles. The minimum absolute atomic E-state index is 0.0551. The van der Waals surface area contributed by atoms with Gasteiger partial charge in [-0.1, -0.05) is 6.07 Å². The van der Waals surface area contributed by atoms with Gasteiger partial charge in [-0.2, -0.15) is 0 Å². The van der Waals surface area contributed by atoms with Crippen molar-refractivity contribution in [3.05, 3.63) is 34.9 Å². The third-order valence-corrected chi connectivity index (χ3v) is 5.02. The third kappa shape index (κ3) is 3.44. The van der Waals surface area contributed by atoms with E-state index in [-0.39, 0.29) is 17.9 Å². The summed E-state index contributed by atoms with van der Waals surface area (Å²) in [4.78, 5) is 28.8. The molecule has 1 aromatic carbocycles. The second-order valence-corrected chi connectivity index (χ2v) is 6.89. The summed E-state index contributed by atoms with van der Waals surface area (Å²) in [5.41, 5.74) is 9.19. The van der Waals surface area contributed by atoms with Crippen LogP contribution in [0.25, 0.3) is 0 Å². The van der Waals surface area contributed by atoms with Crippen LogP contribution in [0.5, 0.6) is 0 Å². The predicted molar refractivity (Wildman–Crippen MR) is 92.5 cm³/mol. The Balaban J connectivity index is 1.57. The molecule has 24 heavy (non-hydrogen) atoms. The molecule has 2 aliphatic rings. The van der Waals surface area contributed by atoms with Gasteiger partial charge in [0, 0.05) is 37.8 Å². The van der Waals surface area contributed by atoms with E-state index in [1.165, 1.54) is 5.56 Å². The van der Waals surface area contributed by atoms with Crippen LogP contribution in [-0.2, 0) is 4.79 Å². The van der Waals surface area contributed by atoms with Crippen LogP contribution in [0, 0.1) is 13.8 Å². The Hall–Kier alpha value is -1.92. The van der Waals surface area contributed by atoms with Gasteiger partial charge in [0.05, 0.1) is 0 Å². The highest BCUT2D eigenvalue weighted by molar-refractivity contribution is 5.94. The maximum absolute atomic E-state index is 12.6. The molecule has 0 radical (unpaired) electrons. The van der Waals surface area contributed by atoms with E-state index >= 15 is 0 Å². The highest BCUT2D eigenvalue weighted by Crippen LogP contribution is 2.15. The molecule has 2 aliphatic heterocycles. The van der Waals surface area contributed by atoms with Gasteiger partial charge in [-0.3, -0.25) is 15.0 Å². The van der Waals surface area contributed by atoms with Gasteiger partial charge in [0.2, 0.25) is 5.91 Å². The number of nitrogens with zero attached hydrogens (tertiary/aromatic N) is 2. The first kappa shape index (κ1) is 16.9. The minimum atomic E-state index is -0.151. The zero-order valence-corrected chi connectivity index (χ0v) is 14.6. The molecule has 3 rings (SSSR count). The van der Waals surface area contributed by atoms with Gasteiger partial charge in [0.25, 0.3) is 5.91 Å². The van der Waals surface area contributed by atoms with Crippen LogP contribution in [0.1, 0.15) is 34.8 Å². The van der Waals surface area contributed by atoms with Crippen molar-refractivity contribution in [2.75, 3.05) is 26.2 Å². The molecule has 2 amide bonds. The van der Waals surface area contributed by atoms with E-state index in [2.05, 4.69) is 17.8 Å². The van der Waals surface area contributed by atoms with Crippen molar-refractivity contribution in [3.8, 4) is 0 Å². The van der Waals surface area contributed by atoms with Crippen LogP contribution < -0.4 is 10.9 Å². The summed E-state index contributed by atoms with van der Waals surface area (Å²) in [5.74, 6) is 0.185. The smallest absolute Gasteiger partial charge is 0.253 e. The summed E-state index contributed by atoms with van der Waals surface area (Å²) in [6.07, 6.45) is 0.806. The first-order valence-electron chi connectivity index (χ1n) is 8.62. The lowest BCUT2D eigenvalue weighted by Gasteiger charge is -2.36. The zero-order chi connectivity index (χ0) is 17.3. The minimum Gasteiger partial charge on any atom is -0.338 e. The second kappa shape index (κ2) is 6.91. The number of hydrazine groups is 1. The highest BCUT2D eigenvalue weighted by Gasteiger charge is 2.32. The maximum Gasteiger partial charge on any atom is 0.253 e. The van der Waals surface area contributed by atoms with Gasteiger partial charge in [0.1, 0.15) is 6.04 Å². The number of aryl methyl sites for hydroxylation is 2. The summed E-state index contributed by atoms with van der Waals surface area (Å²) in [6, 6.07) is 5.98. The molecule has 0 aromatic heterocycles. The number of benzene rings is 1. The summed E-state index contributed by atoms with van der Waals surface area (Å²) in [5, 5.41) is 0. The van der Waals surface area contributed by atoms with Crippen molar-refractivity contribution in [1.82, 2.24) is 20.7 Å². The molecule has 0 bridgehead atoms. The van der Waals surface area contributed by atoms with Crippen LogP contribution in [-0.4, -0.2) is 59.9 Å². The second-order valence-electron chi connectivity index (χ2n) is 6.89. The lowest BCUT2D eigenvalue weighted by molar-refractivity contribution is -0.134. The van der Waals surface area contributed by atoms with E-state index in [0.717, 1.165) is 17.5 Å². The van der Waals surface area contributed by atoms with Crippen LogP contribution in [0.3, 0.4) is 0 Å². The van der Waals surface area contributed by atoms with Crippen LogP contribution in [0.15, 0.2) is 18.2 Å². The molecule has 2 fully saturated rings. The van der Waals surface area contributed by atoms with Crippen molar-refractivity contribution >= 4 is 11.8 Å². The van der Waals surface area contributed by atoms with E-state index in [9.17, 15) is 9.59 Å². The molecule has 6 nitrogen and oxygen atoms in total. The summed E-state index contributed by atoms with van der Waals surface area (Å²) in [6.45, 7) is 8.50. The first-order valence-corrected chi connectivity index (χ1v) is 8.62. The quantitative estimate of drug-likeness (QED) is 0.844. The number of carbonyl (C=O) groups excluding carboxylic acids is 2. The van der Waals surface area contributed by atoms with Crippen molar-refractivity contribution < 1.29 is 9.59 Å². The zero-order valence-electron chi connectivity index (χ0n) is 14.6. The Morgan fingerprint density at radius 1 is 1.00 bits per heavy atom. The Morgan fingerprint density at radius 2 is 1.67 bits per heavy atom. The van der Waals surface area contributed by atoms with Gasteiger partial charge in [-0.15, -0.1) is 0 Å². The maximum atomic E-state index is 12.6. The van der Waals surface area contributed by atoms with E-state index < -0.39 is 0 Å². The summed E-state index contributed by atoms with van der Waals surface area (Å²) in [7, 11) is 0. The molecule has 2 N–H and O–H groups in total. The molecule has 2 heterocycles. The van der Waals surface area contributed by atoms with Crippen molar-refractivity contribution in [2.45, 2.75) is 39.3 Å². The number of hydrogen-bond acceptors (Lipinski definition) is 4. The van der Waals surface area contributed by atoms with E-state index in [4.69, 9.17) is 0 Å². The average Bonchev–Trinajstić information content (AvgIpc) is 3.02. The lowest BCUT2D eigenvalue weighted by atomic mass is 10.1. The number of rotatable bonds is 2. The number of hydrogen-bond donors (Lipinski definition) is 2. The van der Waals surface area contributed by atoms with Crippen molar-refractivity contribution in [1.29, 1.82) is 0 Å².